The average Bonchev–Trinajstić information content (AvgIpc) is 2.48. The first-order valence-electron chi connectivity index (χ1n) is 6.82. The van der Waals surface area contributed by atoms with Gasteiger partial charge in [-0.05, 0) is 37.6 Å². The van der Waals surface area contributed by atoms with Crippen molar-refractivity contribution in [2.24, 2.45) is 0 Å². The third kappa shape index (κ3) is 3.16. The van der Waals surface area contributed by atoms with Crippen LogP contribution in [0.4, 0.5) is 5.69 Å². The van der Waals surface area contributed by atoms with E-state index >= 15 is 0 Å². The Labute approximate surface area is 124 Å². The topological polar surface area (TPSA) is 66.6 Å². The van der Waals surface area contributed by atoms with Crippen LogP contribution in [-0.4, -0.2) is 23.0 Å². The number of nitrogens with two attached hydrogens (primary N) is 1. The number of amides is 1. The van der Waals surface area contributed by atoms with Gasteiger partial charge >= 0.3 is 0 Å². The maximum atomic E-state index is 12.5. The molecule has 2 aromatic carbocycles. The van der Waals surface area contributed by atoms with Crippen LogP contribution in [0, 0.1) is 6.92 Å². The highest BCUT2D eigenvalue weighted by Crippen LogP contribution is 2.25. The molecule has 4 heteroatoms. The van der Waals surface area contributed by atoms with Crippen molar-refractivity contribution < 1.29 is 9.90 Å². The zero-order chi connectivity index (χ0) is 15.6. The number of aryl methyl sites for hydroxylation is 1. The number of hydrogen-bond acceptors (Lipinski definition) is 3. The van der Waals surface area contributed by atoms with Crippen molar-refractivity contribution in [3.05, 3.63) is 59.2 Å². The third-order valence-electron chi connectivity index (χ3n) is 3.73. The van der Waals surface area contributed by atoms with E-state index in [1.165, 1.54) is 23.8 Å². The summed E-state index contributed by atoms with van der Waals surface area (Å²) in [6.07, 6.45) is 0. The Bertz CT molecular complexity index is 650. The molecule has 1 atom stereocenters. The summed E-state index contributed by atoms with van der Waals surface area (Å²) in [7, 11) is 1.73. The highest BCUT2D eigenvalue weighted by molar-refractivity contribution is 5.99. The van der Waals surface area contributed by atoms with E-state index < -0.39 is 0 Å². The van der Waals surface area contributed by atoms with Gasteiger partial charge in [0.05, 0.1) is 11.6 Å². The smallest absolute Gasteiger partial charge is 0.256 e. The van der Waals surface area contributed by atoms with E-state index in [1.54, 1.807) is 11.9 Å². The van der Waals surface area contributed by atoms with Crippen molar-refractivity contribution in [2.45, 2.75) is 19.9 Å². The molecule has 1 amide bonds. The number of nitrogens with zero attached hydrogens (tertiary/aromatic N) is 1. The number of carbonyl (C=O) groups excluding carboxylic acids is 1. The van der Waals surface area contributed by atoms with Gasteiger partial charge in [0.1, 0.15) is 5.75 Å². The van der Waals surface area contributed by atoms with E-state index in [9.17, 15) is 9.90 Å². The lowest BCUT2D eigenvalue weighted by atomic mass is 10.0. The van der Waals surface area contributed by atoms with E-state index in [0.29, 0.717) is 11.3 Å². The standard InChI is InChI=1S/C17H20N2O2/c1-11-4-6-13(7-5-11)12(2)19(3)17(21)15-10-14(20)8-9-16(15)18/h4-10,12,20H,18H2,1-3H3. The molecule has 0 aliphatic heterocycles. The lowest BCUT2D eigenvalue weighted by Crippen LogP contribution is -2.30. The number of hydrogen-bond donors (Lipinski definition) is 2. The number of carbonyl (C=O) groups is 1. The fourth-order valence-corrected chi connectivity index (χ4v) is 2.16. The van der Waals surface area contributed by atoms with Crippen LogP contribution in [-0.2, 0) is 0 Å². The van der Waals surface area contributed by atoms with Gasteiger partial charge in [0.25, 0.3) is 5.91 Å². The molecule has 0 aliphatic rings. The predicted molar refractivity (Wildman–Crippen MR) is 84.2 cm³/mol. The Morgan fingerprint density at radius 2 is 1.81 bits per heavy atom. The second kappa shape index (κ2) is 5.87. The van der Waals surface area contributed by atoms with Crippen LogP contribution < -0.4 is 5.73 Å². The molecule has 0 saturated carbocycles. The van der Waals surface area contributed by atoms with Crippen LogP contribution in [0.5, 0.6) is 5.75 Å². The fraction of sp³-hybridized carbons (Fsp3) is 0.235. The number of anilines is 1. The second-order valence-corrected chi connectivity index (χ2v) is 5.27. The van der Waals surface area contributed by atoms with Crippen molar-refractivity contribution in [3.63, 3.8) is 0 Å². The van der Waals surface area contributed by atoms with Gasteiger partial charge in [0.2, 0.25) is 0 Å². The minimum Gasteiger partial charge on any atom is -0.508 e. The molecule has 0 heterocycles. The number of rotatable bonds is 3. The molecule has 0 aromatic heterocycles. The molecular formula is C17H20N2O2. The van der Waals surface area contributed by atoms with Crippen LogP contribution in [0.2, 0.25) is 0 Å². The van der Waals surface area contributed by atoms with Crippen LogP contribution in [0.25, 0.3) is 0 Å². The number of phenols is 1. The number of nitrogen functional groups attached to an aromatic ring is 1. The molecule has 3 N–H and O–H groups in total. The van der Waals surface area contributed by atoms with E-state index in [1.807, 2.05) is 38.1 Å². The SMILES string of the molecule is Cc1ccc(C(C)N(C)C(=O)c2cc(O)ccc2N)cc1. The summed E-state index contributed by atoms with van der Waals surface area (Å²) in [6.45, 7) is 3.98. The maximum Gasteiger partial charge on any atom is 0.256 e. The summed E-state index contributed by atoms with van der Waals surface area (Å²) in [5.41, 5.74) is 8.74. The Kier molecular flexibility index (Phi) is 4.17. The van der Waals surface area contributed by atoms with Crippen LogP contribution in [0.3, 0.4) is 0 Å². The van der Waals surface area contributed by atoms with E-state index in [4.69, 9.17) is 5.73 Å². The Balaban J connectivity index is 2.26. The molecule has 21 heavy (non-hydrogen) atoms. The maximum absolute atomic E-state index is 12.5. The van der Waals surface area contributed by atoms with Gasteiger partial charge in [-0.15, -0.1) is 0 Å². The second-order valence-electron chi connectivity index (χ2n) is 5.27. The largest absolute Gasteiger partial charge is 0.508 e. The Morgan fingerprint density at radius 1 is 1.19 bits per heavy atom. The first-order chi connectivity index (χ1) is 9.90. The van der Waals surface area contributed by atoms with Crippen LogP contribution in [0.15, 0.2) is 42.5 Å². The van der Waals surface area contributed by atoms with Gasteiger partial charge in [-0.1, -0.05) is 29.8 Å². The molecule has 4 nitrogen and oxygen atoms in total. The summed E-state index contributed by atoms with van der Waals surface area (Å²) in [6, 6.07) is 12.4. The molecule has 1 unspecified atom stereocenters. The van der Waals surface area contributed by atoms with Gasteiger partial charge in [-0.2, -0.15) is 0 Å². The van der Waals surface area contributed by atoms with Gasteiger partial charge in [0.15, 0.2) is 0 Å². The highest BCUT2D eigenvalue weighted by Gasteiger charge is 2.21. The molecule has 2 aromatic rings. The van der Waals surface area contributed by atoms with Crippen molar-refractivity contribution >= 4 is 11.6 Å². The minimum atomic E-state index is -0.212. The summed E-state index contributed by atoms with van der Waals surface area (Å²) in [5, 5.41) is 9.53. The quantitative estimate of drug-likeness (QED) is 0.672. The van der Waals surface area contributed by atoms with Gasteiger partial charge in [0, 0.05) is 12.7 Å². The molecule has 0 radical (unpaired) electrons. The predicted octanol–water partition coefficient (Wildman–Crippen LogP) is 3.12. The Hall–Kier alpha value is -2.49. The summed E-state index contributed by atoms with van der Waals surface area (Å²) >= 11 is 0. The normalized spacial score (nSPS) is 12.0. The van der Waals surface area contributed by atoms with Crippen LogP contribution in [0.1, 0.15) is 34.5 Å². The fourth-order valence-electron chi connectivity index (χ4n) is 2.16. The number of aromatic hydroxyl groups is 1. The van der Waals surface area contributed by atoms with Gasteiger partial charge < -0.3 is 15.7 Å². The van der Waals surface area contributed by atoms with E-state index in [-0.39, 0.29) is 17.7 Å². The zero-order valence-electron chi connectivity index (χ0n) is 12.5. The summed E-state index contributed by atoms with van der Waals surface area (Å²) < 4.78 is 0. The first-order valence-corrected chi connectivity index (χ1v) is 6.82. The molecule has 0 bridgehead atoms. The van der Waals surface area contributed by atoms with Crippen LogP contribution >= 0.6 is 0 Å². The van der Waals surface area contributed by atoms with Crippen molar-refractivity contribution in [1.29, 1.82) is 0 Å². The van der Waals surface area contributed by atoms with Crippen molar-refractivity contribution in [2.75, 3.05) is 12.8 Å². The minimum absolute atomic E-state index is 0.0314. The first kappa shape index (κ1) is 14.9. The summed E-state index contributed by atoms with van der Waals surface area (Å²) in [4.78, 5) is 14.2. The molecule has 0 aliphatic carbocycles. The lowest BCUT2D eigenvalue weighted by Gasteiger charge is -2.26. The zero-order valence-corrected chi connectivity index (χ0v) is 12.5. The highest BCUT2D eigenvalue weighted by atomic mass is 16.3. The Morgan fingerprint density at radius 3 is 2.43 bits per heavy atom. The lowest BCUT2D eigenvalue weighted by molar-refractivity contribution is 0.0743. The number of benzene rings is 2. The van der Waals surface area contributed by atoms with E-state index in [0.717, 1.165) is 5.56 Å². The third-order valence-corrected chi connectivity index (χ3v) is 3.73. The van der Waals surface area contributed by atoms with Crippen molar-refractivity contribution in [1.82, 2.24) is 4.90 Å². The molecule has 0 fully saturated rings. The van der Waals surface area contributed by atoms with Gasteiger partial charge in [-0.3, -0.25) is 4.79 Å². The molecule has 110 valence electrons. The number of phenolic OH excluding ortho intramolecular Hbond substituents is 1. The monoisotopic (exact) mass is 284 g/mol. The summed E-state index contributed by atoms with van der Waals surface area (Å²) in [5.74, 6) is -0.180. The van der Waals surface area contributed by atoms with Crippen molar-refractivity contribution in [3.8, 4) is 5.75 Å². The van der Waals surface area contributed by atoms with Gasteiger partial charge in [-0.25, -0.2) is 0 Å². The average molecular weight is 284 g/mol. The van der Waals surface area contributed by atoms with E-state index in [2.05, 4.69) is 0 Å². The molecule has 2 rings (SSSR count). The molecule has 0 saturated heterocycles. The molecule has 0 spiro atoms. The molecular weight excluding hydrogens is 264 g/mol.